The number of aliphatic imine (C=N–C) groups is 1. The van der Waals surface area contributed by atoms with Gasteiger partial charge in [-0.15, -0.1) is 6.58 Å². The molecule has 0 bridgehead atoms. The molecule has 2 N–H and O–H groups in total. The fraction of sp³-hybridized carbons (Fsp3) is 0.200. The van der Waals surface area contributed by atoms with Crippen LogP contribution in [-0.2, 0) is 22.2 Å². The minimum Gasteiger partial charge on any atom is -0.489 e. The SMILES string of the molecule is C=C[C@@]1(c2cc(COc3cccc(F)c3)ccc2I=C)CS(=O)(=O)N(C)C(N)=N1. The lowest BCUT2D eigenvalue weighted by atomic mass is 9.91. The molecule has 2 aromatic carbocycles. The van der Waals surface area contributed by atoms with Gasteiger partial charge in [0.1, 0.15) is 29.5 Å². The van der Waals surface area contributed by atoms with Crippen molar-refractivity contribution in [3.63, 3.8) is 0 Å². The summed E-state index contributed by atoms with van der Waals surface area (Å²) in [5, 5.41) is 0. The molecule has 9 heteroatoms. The highest BCUT2D eigenvalue weighted by Crippen LogP contribution is 2.37. The van der Waals surface area contributed by atoms with E-state index in [0.717, 1.165) is 13.4 Å². The highest BCUT2D eigenvalue weighted by atomic mass is 127. The van der Waals surface area contributed by atoms with Gasteiger partial charge in [-0.1, -0.05) is 43.5 Å². The summed E-state index contributed by atoms with van der Waals surface area (Å²) in [7, 11) is -2.28. The number of hydrogen-bond acceptors (Lipinski definition) is 5. The molecule has 0 unspecified atom stereocenters. The Labute approximate surface area is 179 Å². The maximum absolute atomic E-state index is 13.4. The minimum absolute atomic E-state index is 0.0919. The Kier molecular flexibility index (Phi) is 6.08. The summed E-state index contributed by atoms with van der Waals surface area (Å²) < 4.78 is 50.2. The normalized spacial score (nSPS) is 20.8. The van der Waals surface area contributed by atoms with Crippen LogP contribution in [0.5, 0.6) is 5.75 Å². The summed E-state index contributed by atoms with van der Waals surface area (Å²) in [6, 6.07) is 11.5. The number of nitrogens with two attached hydrogens (primary N) is 1. The first-order chi connectivity index (χ1) is 13.7. The quantitative estimate of drug-likeness (QED) is 0.461. The molecule has 0 fully saturated rings. The van der Waals surface area contributed by atoms with E-state index in [9.17, 15) is 12.8 Å². The van der Waals surface area contributed by atoms with Crippen LogP contribution in [0.1, 0.15) is 11.1 Å². The summed E-state index contributed by atoms with van der Waals surface area (Å²) >= 11 is -0.613. The average Bonchev–Trinajstić information content (AvgIpc) is 2.70. The number of benzene rings is 2. The van der Waals surface area contributed by atoms with Crippen molar-refractivity contribution in [1.82, 2.24) is 4.31 Å². The van der Waals surface area contributed by atoms with Crippen molar-refractivity contribution >= 4 is 41.2 Å². The molecule has 0 amide bonds. The smallest absolute Gasteiger partial charge is 0.240 e. The topological polar surface area (TPSA) is 85.0 Å². The molecular weight excluding hydrogens is 508 g/mol. The molecule has 1 aliphatic heterocycles. The van der Waals surface area contributed by atoms with Gasteiger partial charge < -0.3 is 10.5 Å². The van der Waals surface area contributed by atoms with Crippen LogP contribution >= 0.6 is 20.7 Å². The van der Waals surface area contributed by atoms with Crippen LogP contribution in [-0.4, -0.2) is 36.0 Å². The fourth-order valence-corrected chi connectivity index (χ4v) is 5.89. The molecule has 0 saturated carbocycles. The second-order valence-corrected chi connectivity index (χ2v) is 10.4. The van der Waals surface area contributed by atoms with E-state index >= 15 is 0 Å². The highest BCUT2D eigenvalue weighted by Gasteiger charge is 2.42. The number of ether oxygens (including phenoxy) is 1. The van der Waals surface area contributed by atoms with Crippen molar-refractivity contribution in [3.8, 4) is 5.75 Å². The summed E-state index contributed by atoms with van der Waals surface area (Å²) in [5.41, 5.74) is 6.20. The van der Waals surface area contributed by atoms with Crippen LogP contribution in [0.3, 0.4) is 0 Å². The van der Waals surface area contributed by atoms with Gasteiger partial charge in [-0.3, -0.25) is 0 Å². The Morgan fingerprint density at radius 1 is 1.38 bits per heavy atom. The highest BCUT2D eigenvalue weighted by molar-refractivity contribution is 14.2. The summed E-state index contributed by atoms with van der Waals surface area (Å²) in [4.78, 5) is 4.48. The molecule has 29 heavy (non-hydrogen) atoms. The van der Waals surface area contributed by atoms with E-state index in [1.54, 1.807) is 12.1 Å². The van der Waals surface area contributed by atoms with E-state index < -0.39 is 36.3 Å². The number of sulfonamides is 1. The Morgan fingerprint density at radius 3 is 2.76 bits per heavy atom. The van der Waals surface area contributed by atoms with Gasteiger partial charge in [0.05, 0.1) is 0 Å². The Bertz CT molecular complexity index is 1100. The van der Waals surface area contributed by atoms with Gasteiger partial charge in [0.15, 0.2) is 0 Å². The summed E-state index contributed by atoms with van der Waals surface area (Å²) in [5.74, 6) is -0.341. The third-order valence-electron chi connectivity index (χ3n) is 4.64. The predicted molar refractivity (Wildman–Crippen MR) is 122 cm³/mol. The van der Waals surface area contributed by atoms with Crippen LogP contribution in [0.15, 0.2) is 60.1 Å². The van der Waals surface area contributed by atoms with E-state index in [2.05, 4.69) is 16.1 Å². The second kappa shape index (κ2) is 8.23. The van der Waals surface area contributed by atoms with Crippen LogP contribution in [0.2, 0.25) is 0 Å². The lowest BCUT2D eigenvalue weighted by molar-refractivity contribution is 0.304. The van der Waals surface area contributed by atoms with Gasteiger partial charge in [-0.05, 0) is 35.4 Å². The van der Waals surface area contributed by atoms with Crippen molar-refractivity contribution in [2.45, 2.75) is 12.1 Å². The van der Waals surface area contributed by atoms with E-state index in [-0.39, 0.29) is 24.1 Å². The van der Waals surface area contributed by atoms with E-state index in [1.165, 1.54) is 25.3 Å². The number of halogens is 2. The second-order valence-electron chi connectivity index (χ2n) is 6.52. The maximum atomic E-state index is 13.4. The first-order valence-electron chi connectivity index (χ1n) is 8.56. The Balaban J connectivity index is 2.02. The zero-order valence-corrected chi connectivity index (χ0v) is 18.8. The van der Waals surface area contributed by atoms with Gasteiger partial charge in [-0.25, -0.2) is 22.1 Å². The molecule has 3 rings (SSSR count). The summed E-state index contributed by atoms with van der Waals surface area (Å²) in [6.07, 6.45) is 1.51. The first kappa shape index (κ1) is 21.4. The third-order valence-corrected chi connectivity index (χ3v) is 8.23. The summed E-state index contributed by atoms with van der Waals surface area (Å²) in [6.45, 7) is 4.03. The molecule has 6 nitrogen and oxygen atoms in total. The van der Waals surface area contributed by atoms with Gasteiger partial charge in [-0.2, -0.15) is 0 Å². The number of nitrogens with zero attached hydrogens (tertiary/aromatic N) is 2. The van der Waals surface area contributed by atoms with Crippen LogP contribution in [0.4, 0.5) is 4.39 Å². The van der Waals surface area contributed by atoms with Gasteiger partial charge in [0.2, 0.25) is 16.0 Å². The van der Waals surface area contributed by atoms with Crippen molar-refractivity contribution in [2.24, 2.45) is 10.7 Å². The average molecular weight is 529 g/mol. The molecule has 2 aromatic rings. The van der Waals surface area contributed by atoms with Gasteiger partial charge >= 0.3 is 0 Å². The van der Waals surface area contributed by atoms with Crippen molar-refractivity contribution < 1.29 is 17.5 Å². The zero-order valence-electron chi connectivity index (χ0n) is 15.8. The van der Waals surface area contributed by atoms with Gasteiger partial charge in [0.25, 0.3) is 0 Å². The standard InChI is InChI=1S/C20H21FIN3O3S/c1-4-20(13-29(26,27)25(3)19(23)24-20)17-10-14(8-9-18(17)22-2)12-28-16-7-5-6-15(21)11-16/h4-11H,1-2,12-13H2,3H3,(H2,23,24)/t20-/m0/s1. The largest absolute Gasteiger partial charge is 0.489 e. The molecule has 154 valence electrons. The number of guanidine groups is 1. The fourth-order valence-electron chi connectivity index (χ4n) is 3.01. The monoisotopic (exact) mass is 529 g/mol. The van der Waals surface area contributed by atoms with E-state index in [4.69, 9.17) is 10.5 Å². The maximum Gasteiger partial charge on any atom is 0.240 e. The van der Waals surface area contributed by atoms with Crippen molar-refractivity contribution in [2.75, 3.05) is 12.8 Å². The lowest BCUT2D eigenvalue weighted by Gasteiger charge is -2.36. The van der Waals surface area contributed by atoms with Gasteiger partial charge in [0, 0.05) is 16.7 Å². The zero-order chi connectivity index (χ0) is 21.2. The van der Waals surface area contributed by atoms with Crippen molar-refractivity contribution in [3.05, 3.63) is 75.6 Å². The number of hydrogen-bond donors (Lipinski definition) is 1. The molecule has 0 saturated heterocycles. The molecule has 1 aliphatic rings. The van der Waals surface area contributed by atoms with Crippen LogP contribution < -0.4 is 10.5 Å². The molecular formula is C20H21FIN3O3S. The molecule has 1 heterocycles. The van der Waals surface area contributed by atoms with Crippen LogP contribution in [0.25, 0.3) is 0 Å². The van der Waals surface area contributed by atoms with E-state index in [0.29, 0.717) is 11.3 Å². The Hall–Kier alpha value is -2.27. The predicted octanol–water partition coefficient (Wildman–Crippen LogP) is 2.95. The van der Waals surface area contributed by atoms with E-state index in [1.807, 2.05) is 18.2 Å². The minimum atomic E-state index is -3.65. The molecule has 1 atom stereocenters. The third kappa shape index (κ3) is 4.35. The van der Waals surface area contributed by atoms with Crippen LogP contribution in [0, 0.1) is 9.39 Å². The van der Waals surface area contributed by atoms with Crippen molar-refractivity contribution in [1.29, 1.82) is 0 Å². The molecule has 0 aromatic heterocycles. The lowest BCUT2D eigenvalue weighted by Crippen LogP contribution is -2.50. The first-order valence-corrected chi connectivity index (χ1v) is 12.8. The number of rotatable bonds is 6. The Morgan fingerprint density at radius 2 is 2.14 bits per heavy atom. The molecule has 0 spiro atoms. The molecule has 0 aliphatic carbocycles. The molecule has 0 radical (unpaired) electrons.